The van der Waals surface area contributed by atoms with Crippen molar-refractivity contribution in [2.75, 3.05) is 19.0 Å². The molecule has 6 nitrogen and oxygen atoms in total. The van der Waals surface area contributed by atoms with E-state index in [1.54, 1.807) is 30.3 Å². The number of amides is 1. The summed E-state index contributed by atoms with van der Waals surface area (Å²) in [6.45, 7) is -0.252. The Hall–Kier alpha value is -3.67. The third-order valence-corrected chi connectivity index (χ3v) is 4.00. The van der Waals surface area contributed by atoms with Crippen LogP contribution in [0.25, 0.3) is 10.8 Å². The van der Waals surface area contributed by atoms with Crippen LogP contribution in [0.15, 0.2) is 60.7 Å². The number of rotatable bonds is 6. The SMILES string of the molecule is COC(=O)c1ccc(NC(=O)COc2ccc3ccccc3c2C=O)cc1. The van der Waals surface area contributed by atoms with Crippen molar-refractivity contribution in [3.63, 3.8) is 0 Å². The predicted molar refractivity (Wildman–Crippen MR) is 101 cm³/mol. The summed E-state index contributed by atoms with van der Waals surface area (Å²) in [4.78, 5) is 35.0. The average Bonchev–Trinajstić information content (AvgIpc) is 2.71. The zero-order valence-corrected chi connectivity index (χ0v) is 14.6. The van der Waals surface area contributed by atoms with Crippen LogP contribution in [0, 0.1) is 0 Å². The summed E-state index contributed by atoms with van der Waals surface area (Å²) in [5, 5.41) is 4.35. The van der Waals surface area contributed by atoms with Gasteiger partial charge in [-0.25, -0.2) is 4.79 Å². The Morgan fingerprint density at radius 2 is 1.74 bits per heavy atom. The molecule has 0 aliphatic carbocycles. The Morgan fingerprint density at radius 1 is 1.00 bits per heavy atom. The van der Waals surface area contributed by atoms with Crippen molar-refractivity contribution in [3.8, 4) is 5.75 Å². The zero-order chi connectivity index (χ0) is 19.2. The Kier molecular flexibility index (Phi) is 5.47. The van der Waals surface area contributed by atoms with Gasteiger partial charge in [0.25, 0.3) is 5.91 Å². The number of benzene rings is 3. The number of carbonyl (C=O) groups excluding carboxylic acids is 3. The van der Waals surface area contributed by atoms with Gasteiger partial charge in [0.05, 0.1) is 18.2 Å². The molecule has 0 aliphatic heterocycles. The van der Waals surface area contributed by atoms with Crippen molar-refractivity contribution in [1.82, 2.24) is 0 Å². The second-order valence-electron chi connectivity index (χ2n) is 5.72. The molecule has 0 aromatic heterocycles. The molecule has 0 atom stereocenters. The molecule has 0 saturated heterocycles. The lowest BCUT2D eigenvalue weighted by Gasteiger charge is -2.11. The van der Waals surface area contributed by atoms with Crippen LogP contribution >= 0.6 is 0 Å². The van der Waals surface area contributed by atoms with Crippen LogP contribution < -0.4 is 10.1 Å². The fourth-order valence-electron chi connectivity index (χ4n) is 2.67. The van der Waals surface area contributed by atoms with Gasteiger partial charge >= 0.3 is 5.97 Å². The molecule has 0 heterocycles. The number of hydrogen-bond acceptors (Lipinski definition) is 5. The van der Waals surface area contributed by atoms with Gasteiger partial charge in [0, 0.05) is 5.69 Å². The summed E-state index contributed by atoms with van der Waals surface area (Å²) < 4.78 is 10.2. The number of ether oxygens (including phenoxy) is 2. The second kappa shape index (κ2) is 8.14. The fourth-order valence-corrected chi connectivity index (χ4v) is 2.67. The van der Waals surface area contributed by atoms with Crippen molar-refractivity contribution in [1.29, 1.82) is 0 Å². The van der Waals surface area contributed by atoms with Crippen molar-refractivity contribution in [3.05, 3.63) is 71.8 Å². The first-order valence-electron chi connectivity index (χ1n) is 8.20. The summed E-state index contributed by atoms with van der Waals surface area (Å²) in [6, 6.07) is 17.2. The lowest BCUT2D eigenvalue weighted by Crippen LogP contribution is -2.20. The first-order valence-corrected chi connectivity index (χ1v) is 8.20. The number of carbonyl (C=O) groups is 3. The number of methoxy groups -OCH3 is 1. The molecule has 3 aromatic rings. The van der Waals surface area contributed by atoms with Crippen molar-refractivity contribution in [2.24, 2.45) is 0 Å². The van der Waals surface area contributed by atoms with Gasteiger partial charge in [0.2, 0.25) is 0 Å². The topological polar surface area (TPSA) is 81.7 Å². The Labute approximate surface area is 155 Å². The van der Waals surface area contributed by atoms with Crippen molar-refractivity contribution < 1.29 is 23.9 Å². The van der Waals surface area contributed by atoms with Gasteiger partial charge < -0.3 is 14.8 Å². The van der Waals surface area contributed by atoms with Gasteiger partial charge in [0.15, 0.2) is 12.9 Å². The summed E-state index contributed by atoms with van der Waals surface area (Å²) in [7, 11) is 1.30. The number of esters is 1. The van der Waals surface area contributed by atoms with Crippen molar-refractivity contribution in [2.45, 2.75) is 0 Å². The van der Waals surface area contributed by atoms with Gasteiger partial charge in [0.1, 0.15) is 5.75 Å². The van der Waals surface area contributed by atoms with Gasteiger partial charge in [-0.15, -0.1) is 0 Å². The van der Waals surface area contributed by atoms with Crippen LogP contribution in [-0.2, 0) is 9.53 Å². The zero-order valence-electron chi connectivity index (χ0n) is 14.6. The maximum atomic E-state index is 12.1. The molecule has 1 amide bonds. The van der Waals surface area contributed by atoms with E-state index in [1.165, 1.54) is 7.11 Å². The van der Waals surface area contributed by atoms with Gasteiger partial charge in [-0.1, -0.05) is 30.3 Å². The number of fused-ring (bicyclic) bond motifs is 1. The highest BCUT2D eigenvalue weighted by molar-refractivity contribution is 6.01. The summed E-state index contributed by atoms with van der Waals surface area (Å²) in [5.41, 5.74) is 1.31. The molecule has 1 N–H and O–H groups in total. The van der Waals surface area contributed by atoms with E-state index in [2.05, 4.69) is 10.1 Å². The van der Waals surface area contributed by atoms with E-state index in [9.17, 15) is 14.4 Å². The highest BCUT2D eigenvalue weighted by Gasteiger charge is 2.11. The van der Waals surface area contributed by atoms with E-state index < -0.39 is 5.97 Å². The highest BCUT2D eigenvalue weighted by Crippen LogP contribution is 2.26. The first-order chi connectivity index (χ1) is 13.1. The quantitative estimate of drug-likeness (QED) is 0.536. The minimum Gasteiger partial charge on any atom is -0.483 e. The molecule has 0 spiro atoms. The highest BCUT2D eigenvalue weighted by atomic mass is 16.5. The number of aldehydes is 1. The average molecular weight is 363 g/mol. The monoisotopic (exact) mass is 363 g/mol. The summed E-state index contributed by atoms with van der Waals surface area (Å²) in [6.07, 6.45) is 0.723. The molecule has 136 valence electrons. The third-order valence-electron chi connectivity index (χ3n) is 4.00. The molecule has 0 fully saturated rings. The first kappa shape index (κ1) is 18.1. The maximum Gasteiger partial charge on any atom is 0.337 e. The van der Waals surface area contributed by atoms with E-state index in [0.717, 1.165) is 17.1 Å². The fraction of sp³-hybridized carbons (Fsp3) is 0.0952. The lowest BCUT2D eigenvalue weighted by molar-refractivity contribution is -0.118. The number of hydrogen-bond donors (Lipinski definition) is 1. The van der Waals surface area contributed by atoms with Crippen molar-refractivity contribution >= 4 is 34.6 Å². The van der Waals surface area contributed by atoms with E-state index in [0.29, 0.717) is 22.6 Å². The third kappa shape index (κ3) is 4.12. The Balaban J connectivity index is 1.66. The minimum absolute atomic E-state index is 0.252. The molecule has 0 bridgehead atoms. The molecule has 3 rings (SSSR count). The molecule has 0 aliphatic rings. The maximum absolute atomic E-state index is 12.1. The Morgan fingerprint density at radius 3 is 2.44 bits per heavy atom. The lowest BCUT2D eigenvalue weighted by atomic mass is 10.0. The molecular formula is C21H17NO5. The van der Waals surface area contributed by atoms with E-state index in [4.69, 9.17) is 4.74 Å². The largest absolute Gasteiger partial charge is 0.483 e. The number of nitrogens with one attached hydrogen (secondary N) is 1. The number of anilines is 1. The van der Waals surface area contributed by atoms with Crippen LogP contribution in [0.1, 0.15) is 20.7 Å². The van der Waals surface area contributed by atoms with Gasteiger partial charge in [-0.2, -0.15) is 0 Å². The van der Waals surface area contributed by atoms with E-state index in [1.807, 2.05) is 30.3 Å². The molecule has 0 radical (unpaired) electrons. The van der Waals surface area contributed by atoms with Crippen LogP contribution in [0.5, 0.6) is 5.75 Å². The smallest absolute Gasteiger partial charge is 0.337 e. The van der Waals surface area contributed by atoms with Crippen LogP contribution in [0.2, 0.25) is 0 Å². The summed E-state index contributed by atoms with van der Waals surface area (Å²) in [5.74, 6) is -0.486. The second-order valence-corrected chi connectivity index (χ2v) is 5.72. The standard InChI is InChI=1S/C21H17NO5/c1-26-21(25)15-6-9-16(10-7-15)22-20(24)13-27-19-11-8-14-4-2-3-5-17(14)18(19)12-23/h2-12H,13H2,1H3,(H,22,24). The van der Waals surface area contributed by atoms with Gasteiger partial charge in [-0.05, 0) is 41.1 Å². The molecule has 27 heavy (non-hydrogen) atoms. The minimum atomic E-state index is -0.450. The van der Waals surface area contributed by atoms with Crippen LogP contribution in [-0.4, -0.2) is 31.9 Å². The molecule has 3 aromatic carbocycles. The Bertz CT molecular complexity index is 995. The molecular weight excluding hydrogens is 346 g/mol. The van der Waals surface area contributed by atoms with E-state index >= 15 is 0 Å². The summed E-state index contributed by atoms with van der Waals surface area (Å²) >= 11 is 0. The van der Waals surface area contributed by atoms with E-state index in [-0.39, 0.29) is 12.5 Å². The molecule has 0 unspecified atom stereocenters. The van der Waals surface area contributed by atoms with Gasteiger partial charge in [-0.3, -0.25) is 9.59 Å². The molecule has 6 heteroatoms. The predicted octanol–water partition coefficient (Wildman–Crippen LogP) is 3.46. The van der Waals surface area contributed by atoms with Crippen LogP contribution in [0.4, 0.5) is 5.69 Å². The normalized spacial score (nSPS) is 10.3. The molecule has 0 saturated carbocycles. The van der Waals surface area contributed by atoms with Crippen LogP contribution in [0.3, 0.4) is 0 Å².